The van der Waals surface area contributed by atoms with Gasteiger partial charge < -0.3 is 20.7 Å². The number of esters is 1. The Morgan fingerprint density at radius 3 is 2.37 bits per heavy atom. The highest BCUT2D eigenvalue weighted by Gasteiger charge is 2.14. The highest BCUT2D eigenvalue weighted by Crippen LogP contribution is 2.24. The first-order valence-corrected chi connectivity index (χ1v) is 5.73. The second-order valence-electron chi connectivity index (χ2n) is 3.54. The third-order valence-electron chi connectivity index (χ3n) is 2.05. The summed E-state index contributed by atoms with van der Waals surface area (Å²) < 4.78 is 4.85. The zero-order valence-electron chi connectivity index (χ0n) is 10.4. The summed E-state index contributed by atoms with van der Waals surface area (Å²) in [6, 6.07) is 7.20. The van der Waals surface area contributed by atoms with Gasteiger partial charge in [-0.1, -0.05) is 29.8 Å². The third kappa shape index (κ3) is 8.01. The average Bonchev–Trinajstić information content (AvgIpc) is 2.31. The van der Waals surface area contributed by atoms with Crippen LogP contribution in [-0.4, -0.2) is 35.5 Å². The van der Waals surface area contributed by atoms with E-state index in [-0.39, 0.29) is 25.1 Å². The van der Waals surface area contributed by atoms with E-state index in [1.54, 1.807) is 6.07 Å². The molecule has 0 unspecified atom stereocenters. The fourth-order valence-corrected chi connectivity index (χ4v) is 1.55. The van der Waals surface area contributed by atoms with Crippen LogP contribution in [0.5, 0.6) is 0 Å². The van der Waals surface area contributed by atoms with Crippen molar-refractivity contribution in [3.05, 3.63) is 34.9 Å². The monoisotopic (exact) mass is 289 g/mol. The van der Waals surface area contributed by atoms with E-state index in [1.165, 1.54) is 6.92 Å². The lowest BCUT2D eigenvalue weighted by Gasteiger charge is -2.15. The standard InChI is InChI=1S/C11H13ClO3.CH3NO2/c1-8(14)15-7-9(6-13)10-4-2-3-5-11(10)12;2-1(3)4/h2-5,9,13H,6-7H2,1H3;2H2,(H,3,4)/t9-;/m1./s1. The molecule has 1 atom stereocenters. The topological polar surface area (TPSA) is 110 Å². The molecule has 1 amide bonds. The number of amides is 1. The molecule has 0 saturated heterocycles. The number of hydrogen-bond donors (Lipinski definition) is 3. The maximum absolute atomic E-state index is 10.6. The zero-order valence-corrected chi connectivity index (χ0v) is 11.1. The number of primary amides is 1. The maximum Gasteiger partial charge on any atom is 0.402 e. The Morgan fingerprint density at radius 1 is 1.42 bits per heavy atom. The Hall–Kier alpha value is -1.79. The van der Waals surface area contributed by atoms with Crippen LogP contribution in [0.15, 0.2) is 24.3 Å². The normalized spacial score (nSPS) is 10.9. The quantitative estimate of drug-likeness (QED) is 0.729. The Bertz CT molecular complexity index is 420. The largest absolute Gasteiger partial charge is 0.465 e. The van der Waals surface area contributed by atoms with Crippen LogP contribution in [0.25, 0.3) is 0 Å². The van der Waals surface area contributed by atoms with E-state index in [4.69, 9.17) is 31.3 Å². The number of aliphatic hydroxyl groups is 1. The summed E-state index contributed by atoms with van der Waals surface area (Å²) in [6.45, 7) is 1.38. The van der Waals surface area contributed by atoms with Gasteiger partial charge in [-0.2, -0.15) is 0 Å². The number of carbonyl (C=O) groups excluding carboxylic acids is 1. The number of rotatable bonds is 4. The summed E-state index contributed by atoms with van der Waals surface area (Å²) in [6.07, 6.45) is -1.33. The van der Waals surface area contributed by atoms with Gasteiger partial charge in [-0.3, -0.25) is 4.79 Å². The molecule has 0 aliphatic rings. The summed E-state index contributed by atoms with van der Waals surface area (Å²) in [5, 5.41) is 16.9. The number of halogens is 1. The van der Waals surface area contributed by atoms with Crippen molar-refractivity contribution in [1.29, 1.82) is 0 Å². The zero-order chi connectivity index (χ0) is 14.8. The van der Waals surface area contributed by atoms with Crippen molar-refractivity contribution in [3.8, 4) is 0 Å². The van der Waals surface area contributed by atoms with Gasteiger partial charge in [0.25, 0.3) is 0 Å². The van der Waals surface area contributed by atoms with Gasteiger partial charge in [-0.15, -0.1) is 0 Å². The maximum atomic E-state index is 10.6. The van der Waals surface area contributed by atoms with Crippen molar-refractivity contribution >= 4 is 23.7 Å². The first-order valence-electron chi connectivity index (χ1n) is 5.35. The highest BCUT2D eigenvalue weighted by molar-refractivity contribution is 6.31. The molecule has 0 fully saturated rings. The second kappa shape index (κ2) is 9.18. The number of aliphatic hydroxyl groups excluding tert-OH is 1. The van der Waals surface area contributed by atoms with Crippen LogP contribution in [0.2, 0.25) is 5.02 Å². The second-order valence-corrected chi connectivity index (χ2v) is 3.95. The number of carboxylic acid groups (broad SMARTS) is 1. The number of nitrogens with two attached hydrogens (primary N) is 1. The van der Waals surface area contributed by atoms with Gasteiger partial charge in [-0.05, 0) is 11.6 Å². The average molecular weight is 290 g/mol. The lowest BCUT2D eigenvalue weighted by Crippen LogP contribution is -2.14. The molecule has 1 aromatic carbocycles. The van der Waals surface area contributed by atoms with Crippen LogP contribution in [-0.2, 0) is 9.53 Å². The number of carbonyl (C=O) groups is 2. The molecule has 0 spiro atoms. The van der Waals surface area contributed by atoms with Gasteiger partial charge in [0.15, 0.2) is 0 Å². The van der Waals surface area contributed by atoms with Gasteiger partial charge in [0.05, 0.1) is 6.61 Å². The molecule has 0 aliphatic carbocycles. The molecule has 0 aromatic heterocycles. The van der Waals surface area contributed by atoms with E-state index >= 15 is 0 Å². The minimum absolute atomic E-state index is 0.100. The molecular weight excluding hydrogens is 274 g/mol. The van der Waals surface area contributed by atoms with Gasteiger partial charge in [0, 0.05) is 17.9 Å². The van der Waals surface area contributed by atoms with Crippen LogP contribution in [0.1, 0.15) is 18.4 Å². The lowest BCUT2D eigenvalue weighted by atomic mass is 10.0. The van der Waals surface area contributed by atoms with Crippen molar-refractivity contribution in [3.63, 3.8) is 0 Å². The molecule has 0 bridgehead atoms. The summed E-state index contributed by atoms with van der Waals surface area (Å²) in [5.41, 5.74) is 4.82. The van der Waals surface area contributed by atoms with E-state index in [2.05, 4.69) is 5.73 Å². The van der Waals surface area contributed by atoms with E-state index in [0.717, 1.165) is 5.56 Å². The molecule has 7 heteroatoms. The minimum atomic E-state index is -1.33. The molecule has 0 heterocycles. The Kier molecular flexibility index (Phi) is 8.32. The van der Waals surface area contributed by atoms with Crippen LogP contribution in [0.3, 0.4) is 0 Å². The van der Waals surface area contributed by atoms with Gasteiger partial charge in [0.1, 0.15) is 6.61 Å². The van der Waals surface area contributed by atoms with Crippen molar-refractivity contribution in [1.82, 2.24) is 0 Å². The molecule has 19 heavy (non-hydrogen) atoms. The highest BCUT2D eigenvalue weighted by atomic mass is 35.5. The molecule has 4 N–H and O–H groups in total. The van der Waals surface area contributed by atoms with E-state index in [0.29, 0.717) is 5.02 Å². The molecule has 0 radical (unpaired) electrons. The number of hydrogen-bond acceptors (Lipinski definition) is 4. The predicted molar refractivity (Wildman–Crippen MR) is 70.1 cm³/mol. The summed E-state index contributed by atoms with van der Waals surface area (Å²) in [7, 11) is 0. The number of benzene rings is 1. The van der Waals surface area contributed by atoms with Crippen molar-refractivity contribution in [2.24, 2.45) is 5.73 Å². The smallest absolute Gasteiger partial charge is 0.402 e. The molecule has 106 valence electrons. The van der Waals surface area contributed by atoms with Gasteiger partial charge >= 0.3 is 12.1 Å². The lowest BCUT2D eigenvalue weighted by molar-refractivity contribution is -0.141. The van der Waals surface area contributed by atoms with Crippen molar-refractivity contribution < 1.29 is 24.5 Å². The fraction of sp³-hybridized carbons (Fsp3) is 0.333. The first kappa shape index (κ1) is 17.2. The minimum Gasteiger partial charge on any atom is -0.465 e. The van der Waals surface area contributed by atoms with Crippen LogP contribution < -0.4 is 5.73 Å². The summed E-state index contributed by atoms with van der Waals surface area (Å²) in [5.74, 6) is -0.622. The molecular formula is C12H16ClNO5. The van der Waals surface area contributed by atoms with Crippen LogP contribution >= 0.6 is 11.6 Å². The summed E-state index contributed by atoms with van der Waals surface area (Å²) >= 11 is 5.96. The molecule has 1 aromatic rings. The predicted octanol–water partition coefficient (Wildman–Crippen LogP) is 1.60. The van der Waals surface area contributed by atoms with E-state index in [9.17, 15) is 4.79 Å². The fourth-order valence-electron chi connectivity index (χ4n) is 1.26. The SMILES string of the molecule is CC(=O)OC[C@@H](CO)c1ccccc1Cl.NC(=O)O. The van der Waals surface area contributed by atoms with Gasteiger partial charge in [-0.25, -0.2) is 4.79 Å². The number of ether oxygens (including phenoxy) is 1. The first-order chi connectivity index (χ1) is 8.88. The Labute approximate surface area is 115 Å². The van der Waals surface area contributed by atoms with Gasteiger partial charge in [0.2, 0.25) is 0 Å². The Morgan fingerprint density at radius 2 is 1.95 bits per heavy atom. The third-order valence-corrected chi connectivity index (χ3v) is 2.40. The van der Waals surface area contributed by atoms with E-state index < -0.39 is 6.09 Å². The van der Waals surface area contributed by atoms with E-state index in [1.807, 2.05) is 18.2 Å². The Balaban J connectivity index is 0.000000711. The molecule has 0 saturated carbocycles. The molecule has 1 rings (SSSR count). The van der Waals surface area contributed by atoms with Crippen molar-refractivity contribution in [2.75, 3.05) is 13.2 Å². The van der Waals surface area contributed by atoms with Crippen LogP contribution in [0.4, 0.5) is 4.79 Å². The summed E-state index contributed by atoms with van der Waals surface area (Å²) in [4.78, 5) is 19.4. The molecule has 6 nitrogen and oxygen atoms in total. The van der Waals surface area contributed by atoms with Crippen molar-refractivity contribution in [2.45, 2.75) is 12.8 Å². The van der Waals surface area contributed by atoms with Crippen LogP contribution in [0, 0.1) is 0 Å². The molecule has 0 aliphatic heterocycles.